The van der Waals surface area contributed by atoms with Crippen molar-refractivity contribution >= 4 is 0 Å². The second-order valence-electron chi connectivity index (χ2n) is 4.29. The van der Waals surface area contributed by atoms with E-state index in [1.165, 1.54) is 25.7 Å². The van der Waals surface area contributed by atoms with Crippen LogP contribution in [0.5, 0.6) is 0 Å². The first-order valence-electron chi connectivity index (χ1n) is 6.84. The summed E-state index contributed by atoms with van der Waals surface area (Å²) in [6.07, 6.45) is 6.50. The summed E-state index contributed by atoms with van der Waals surface area (Å²) in [5, 5.41) is 0. The third-order valence-electron chi connectivity index (χ3n) is 2.88. The molecule has 0 aromatic rings. The second-order valence-corrected chi connectivity index (χ2v) is 4.29. The zero-order chi connectivity index (χ0) is 12.8. The number of nitrogens with two attached hydrogens (primary N) is 3. The van der Waals surface area contributed by atoms with Crippen molar-refractivity contribution in [2.75, 3.05) is 19.6 Å². The van der Waals surface area contributed by atoms with Crippen LogP contribution in [0.15, 0.2) is 0 Å². The Morgan fingerprint density at radius 2 is 1.31 bits per heavy atom. The lowest BCUT2D eigenvalue weighted by Crippen LogP contribution is -2.20. The highest BCUT2D eigenvalue weighted by molar-refractivity contribution is 4.69. The monoisotopic (exact) mass is 231 g/mol. The van der Waals surface area contributed by atoms with Crippen LogP contribution in [0.4, 0.5) is 0 Å². The van der Waals surface area contributed by atoms with Crippen LogP contribution in [0, 0.1) is 11.8 Å². The quantitative estimate of drug-likeness (QED) is 0.696. The summed E-state index contributed by atoms with van der Waals surface area (Å²) in [4.78, 5) is 0. The van der Waals surface area contributed by atoms with E-state index in [9.17, 15) is 0 Å². The van der Waals surface area contributed by atoms with Gasteiger partial charge in [-0.05, 0) is 50.7 Å². The van der Waals surface area contributed by atoms with E-state index in [-0.39, 0.29) is 0 Å². The highest BCUT2D eigenvalue weighted by Crippen LogP contribution is 2.26. The van der Waals surface area contributed by atoms with E-state index in [0.29, 0.717) is 0 Å². The molecule has 1 fully saturated rings. The van der Waals surface area contributed by atoms with Gasteiger partial charge in [-0.15, -0.1) is 0 Å². The van der Waals surface area contributed by atoms with Gasteiger partial charge in [-0.25, -0.2) is 0 Å². The molecule has 0 aromatic carbocycles. The van der Waals surface area contributed by atoms with Gasteiger partial charge in [-0.3, -0.25) is 0 Å². The lowest BCUT2D eigenvalue weighted by atomic mass is 9.83. The van der Waals surface area contributed by atoms with E-state index in [0.717, 1.165) is 37.9 Å². The Balaban J connectivity index is 0. The molecule has 6 N–H and O–H groups in total. The summed E-state index contributed by atoms with van der Waals surface area (Å²) >= 11 is 0. The minimum Gasteiger partial charge on any atom is -0.330 e. The zero-order valence-electron chi connectivity index (χ0n) is 11.5. The number of hydrogen-bond donors (Lipinski definition) is 3. The standard InChI is InChI=1S/C8H17N.C3H10N2.C2H6/c1-7-2-4-8(6-9)5-3-7;4-2-1-3-5;1-2/h7-8H,2-6,9H2,1H3;1-5H2;1-2H3. The molecule has 0 saturated heterocycles. The first-order valence-corrected chi connectivity index (χ1v) is 6.84. The molecule has 1 saturated carbocycles. The molecule has 3 nitrogen and oxygen atoms in total. The molecule has 1 aliphatic carbocycles. The minimum atomic E-state index is 0.719. The van der Waals surface area contributed by atoms with Gasteiger partial charge in [0.05, 0.1) is 0 Å². The molecule has 0 radical (unpaired) electrons. The molecular weight excluding hydrogens is 198 g/mol. The van der Waals surface area contributed by atoms with Gasteiger partial charge >= 0.3 is 0 Å². The van der Waals surface area contributed by atoms with Gasteiger partial charge in [0.2, 0.25) is 0 Å². The fourth-order valence-corrected chi connectivity index (χ4v) is 1.68. The summed E-state index contributed by atoms with van der Waals surface area (Å²) in [5.41, 5.74) is 15.7. The second kappa shape index (κ2) is 14.9. The molecule has 16 heavy (non-hydrogen) atoms. The summed E-state index contributed by atoms with van der Waals surface area (Å²) in [7, 11) is 0. The van der Waals surface area contributed by atoms with Crippen LogP contribution in [-0.2, 0) is 0 Å². The van der Waals surface area contributed by atoms with Gasteiger partial charge in [0.15, 0.2) is 0 Å². The van der Waals surface area contributed by atoms with Crippen molar-refractivity contribution in [2.24, 2.45) is 29.0 Å². The molecule has 0 atom stereocenters. The molecule has 3 heteroatoms. The zero-order valence-corrected chi connectivity index (χ0v) is 11.5. The van der Waals surface area contributed by atoms with Crippen molar-refractivity contribution < 1.29 is 0 Å². The average molecular weight is 231 g/mol. The number of rotatable bonds is 3. The molecule has 0 unspecified atom stereocenters. The molecule has 1 rings (SSSR count). The first kappa shape index (κ1) is 18.3. The minimum absolute atomic E-state index is 0.719. The van der Waals surface area contributed by atoms with Crippen LogP contribution < -0.4 is 17.2 Å². The SMILES string of the molecule is CC.CC1CCC(CN)CC1.NCCCN. The third-order valence-corrected chi connectivity index (χ3v) is 2.88. The maximum absolute atomic E-state index is 5.55. The van der Waals surface area contributed by atoms with Crippen LogP contribution in [0.2, 0.25) is 0 Å². The van der Waals surface area contributed by atoms with E-state index in [1.54, 1.807) is 0 Å². The van der Waals surface area contributed by atoms with Gasteiger partial charge in [0.25, 0.3) is 0 Å². The molecule has 100 valence electrons. The van der Waals surface area contributed by atoms with Gasteiger partial charge in [0, 0.05) is 0 Å². The fourth-order valence-electron chi connectivity index (χ4n) is 1.68. The summed E-state index contributed by atoms with van der Waals surface area (Å²) in [6.45, 7) is 8.69. The normalized spacial score (nSPS) is 23.6. The maximum atomic E-state index is 5.55. The van der Waals surface area contributed by atoms with Crippen molar-refractivity contribution in [2.45, 2.75) is 52.9 Å². The molecule has 0 spiro atoms. The van der Waals surface area contributed by atoms with Crippen molar-refractivity contribution in [3.8, 4) is 0 Å². The van der Waals surface area contributed by atoms with E-state index in [1.807, 2.05) is 13.8 Å². The lowest BCUT2D eigenvalue weighted by molar-refractivity contribution is 0.296. The molecule has 0 bridgehead atoms. The van der Waals surface area contributed by atoms with E-state index >= 15 is 0 Å². The van der Waals surface area contributed by atoms with Gasteiger partial charge < -0.3 is 17.2 Å². The van der Waals surface area contributed by atoms with E-state index < -0.39 is 0 Å². The molecule has 0 heterocycles. The number of hydrogen-bond acceptors (Lipinski definition) is 3. The fraction of sp³-hybridized carbons (Fsp3) is 1.00. The molecular formula is C13H33N3. The van der Waals surface area contributed by atoms with Crippen molar-refractivity contribution in [3.63, 3.8) is 0 Å². The Kier molecular flexibility index (Phi) is 17.0. The van der Waals surface area contributed by atoms with Crippen LogP contribution in [0.1, 0.15) is 52.9 Å². The van der Waals surface area contributed by atoms with E-state index in [2.05, 4.69) is 6.92 Å². The van der Waals surface area contributed by atoms with Crippen molar-refractivity contribution in [1.82, 2.24) is 0 Å². The summed E-state index contributed by atoms with van der Waals surface area (Å²) in [5.74, 6) is 1.81. The lowest BCUT2D eigenvalue weighted by Gasteiger charge is -2.24. The highest BCUT2D eigenvalue weighted by Gasteiger charge is 2.15. The topological polar surface area (TPSA) is 78.1 Å². The summed E-state index contributed by atoms with van der Waals surface area (Å²) < 4.78 is 0. The van der Waals surface area contributed by atoms with Crippen LogP contribution >= 0.6 is 0 Å². The Hall–Kier alpha value is -0.120. The largest absolute Gasteiger partial charge is 0.330 e. The Bertz CT molecular complexity index is 108. The predicted octanol–water partition coefficient (Wildman–Crippen LogP) is 2.09. The highest BCUT2D eigenvalue weighted by atomic mass is 14.6. The van der Waals surface area contributed by atoms with Gasteiger partial charge in [-0.2, -0.15) is 0 Å². The Labute approximate surface area is 102 Å². The Morgan fingerprint density at radius 1 is 0.875 bits per heavy atom. The third kappa shape index (κ3) is 12.0. The van der Waals surface area contributed by atoms with Gasteiger partial charge in [-0.1, -0.05) is 33.6 Å². The predicted molar refractivity (Wildman–Crippen MR) is 74.3 cm³/mol. The Morgan fingerprint density at radius 3 is 1.56 bits per heavy atom. The van der Waals surface area contributed by atoms with Crippen LogP contribution in [0.3, 0.4) is 0 Å². The smallest absolute Gasteiger partial charge is 0.00489 e. The molecule has 0 amide bonds. The molecule has 1 aliphatic rings. The first-order chi connectivity index (χ1) is 7.74. The van der Waals surface area contributed by atoms with Gasteiger partial charge in [0.1, 0.15) is 0 Å². The average Bonchev–Trinajstić information content (AvgIpc) is 2.34. The molecule has 0 aromatic heterocycles. The summed E-state index contributed by atoms with van der Waals surface area (Å²) in [6, 6.07) is 0. The van der Waals surface area contributed by atoms with Crippen LogP contribution in [-0.4, -0.2) is 19.6 Å². The van der Waals surface area contributed by atoms with Crippen molar-refractivity contribution in [1.29, 1.82) is 0 Å². The van der Waals surface area contributed by atoms with Crippen molar-refractivity contribution in [3.05, 3.63) is 0 Å². The molecule has 0 aliphatic heterocycles. The van der Waals surface area contributed by atoms with Crippen LogP contribution in [0.25, 0.3) is 0 Å². The van der Waals surface area contributed by atoms with E-state index in [4.69, 9.17) is 17.2 Å². The maximum Gasteiger partial charge on any atom is -0.00489 e.